The van der Waals surface area contributed by atoms with E-state index in [-0.39, 0.29) is 5.92 Å². The second-order valence-electron chi connectivity index (χ2n) is 1.35. The third-order valence-electron chi connectivity index (χ3n) is 0.805. The minimum absolute atomic E-state index is 0.0880. The lowest BCUT2D eigenvalue weighted by atomic mass is 10.1. The third kappa shape index (κ3) is 0.431. The standard InChI is InChI=1S/C4H5O2/c5-1-4-2-6-3-4/h4H,2-3H2. The van der Waals surface area contributed by atoms with Crippen LogP contribution < -0.4 is 0 Å². The van der Waals surface area contributed by atoms with Crippen molar-refractivity contribution in [2.24, 2.45) is 5.92 Å². The van der Waals surface area contributed by atoms with Crippen LogP contribution in [0.15, 0.2) is 0 Å². The smallest absolute Gasteiger partial charge is 0.206 e. The average molecular weight is 85.1 g/mol. The van der Waals surface area contributed by atoms with Gasteiger partial charge in [0.25, 0.3) is 0 Å². The second-order valence-corrected chi connectivity index (χ2v) is 1.35. The predicted molar refractivity (Wildman–Crippen MR) is 20.0 cm³/mol. The molecule has 0 saturated carbocycles. The maximum Gasteiger partial charge on any atom is 0.206 e. The Balaban J connectivity index is 2.16. The molecule has 0 spiro atoms. The number of carbonyl (C=O) groups excluding carboxylic acids is 1. The van der Waals surface area contributed by atoms with Crippen LogP contribution in [0.2, 0.25) is 0 Å². The van der Waals surface area contributed by atoms with Crippen LogP contribution in [0.4, 0.5) is 0 Å². The van der Waals surface area contributed by atoms with Gasteiger partial charge in [-0.25, -0.2) is 0 Å². The summed E-state index contributed by atoms with van der Waals surface area (Å²) in [4.78, 5) is 9.58. The first-order valence-electron chi connectivity index (χ1n) is 1.89. The van der Waals surface area contributed by atoms with Crippen LogP contribution >= 0.6 is 0 Å². The highest BCUT2D eigenvalue weighted by atomic mass is 16.5. The topological polar surface area (TPSA) is 26.3 Å². The van der Waals surface area contributed by atoms with E-state index in [1.54, 1.807) is 0 Å². The Kier molecular flexibility index (Phi) is 0.881. The summed E-state index contributed by atoms with van der Waals surface area (Å²) >= 11 is 0. The van der Waals surface area contributed by atoms with E-state index < -0.39 is 0 Å². The summed E-state index contributed by atoms with van der Waals surface area (Å²) < 4.78 is 4.66. The summed E-state index contributed by atoms with van der Waals surface area (Å²) in [7, 11) is 0. The van der Waals surface area contributed by atoms with Crippen LogP contribution in [0, 0.1) is 5.92 Å². The number of rotatable bonds is 1. The van der Waals surface area contributed by atoms with Gasteiger partial charge >= 0.3 is 0 Å². The fraction of sp³-hybridized carbons (Fsp3) is 0.750. The van der Waals surface area contributed by atoms with Crippen LogP contribution in [-0.4, -0.2) is 19.5 Å². The van der Waals surface area contributed by atoms with E-state index in [0.717, 1.165) is 0 Å². The molecule has 1 heterocycles. The first-order valence-corrected chi connectivity index (χ1v) is 1.89. The molecule has 1 saturated heterocycles. The van der Waals surface area contributed by atoms with Crippen LogP contribution in [-0.2, 0) is 9.53 Å². The Hall–Kier alpha value is -0.370. The van der Waals surface area contributed by atoms with Gasteiger partial charge in [0, 0.05) is 0 Å². The monoisotopic (exact) mass is 85.0 g/mol. The zero-order valence-corrected chi connectivity index (χ0v) is 3.31. The zero-order valence-electron chi connectivity index (χ0n) is 3.31. The lowest BCUT2D eigenvalue weighted by Crippen LogP contribution is -2.28. The maximum absolute atomic E-state index is 9.58. The van der Waals surface area contributed by atoms with Gasteiger partial charge in [0.15, 0.2) is 0 Å². The van der Waals surface area contributed by atoms with Gasteiger partial charge in [-0.1, -0.05) is 0 Å². The van der Waals surface area contributed by atoms with Gasteiger partial charge in [-0.3, -0.25) is 4.79 Å². The quantitative estimate of drug-likeness (QED) is 0.438. The highest BCUT2D eigenvalue weighted by molar-refractivity contribution is 5.55. The predicted octanol–water partition coefficient (Wildman–Crippen LogP) is -0.258. The molecule has 1 fully saturated rings. The Labute approximate surface area is 36.1 Å². The first kappa shape index (κ1) is 3.81. The second kappa shape index (κ2) is 1.39. The number of hydrogen-bond acceptors (Lipinski definition) is 2. The van der Waals surface area contributed by atoms with E-state index in [4.69, 9.17) is 0 Å². The van der Waals surface area contributed by atoms with Gasteiger partial charge < -0.3 is 4.74 Å². The van der Waals surface area contributed by atoms with Gasteiger partial charge in [-0.05, 0) is 0 Å². The molecule has 1 rings (SSSR count). The third-order valence-corrected chi connectivity index (χ3v) is 0.805. The molecule has 0 atom stereocenters. The van der Waals surface area contributed by atoms with Crippen molar-refractivity contribution in [2.45, 2.75) is 0 Å². The SMILES string of the molecule is O=[C]C1COC1. The summed E-state index contributed by atoms with van der Waals surface area (Å²) in [6.07, 6.45) is 1.83. The van der Waals surface area contributed by atoms with Crippen molar-refractivity contribution in [1.82, 2.24) is 0 Å². The highest BCUT2D eigenvalue weighted by Gasteiger charge is 2.16. The summed E-state index contributed by atoms with van der Waals surface area (Å²) in [6.45, 7) is 1.17. The largest absolute Gasteiger partial charge is 0.380 e. The van der Waals surface area contributed by atoms with E-state index in [2.05, 4.69) is 4.74 Å². The average Bonchev–Trinajstić information content (AvgIpc) is 1.31. The normalized spacial score (nSPS) is 22.7. The summed E-state index contributed by atoms with van der Waals surface area (Å²) in [5, 5.41) is 0. The van der Waals surface area contributed by atoms with E-state index in [1.165, 1.54) is 0 Å². The minimum Gasteiger partial charge on any atom is -0.380 e. The molecule has 33 valence electrons. The fourth-order valence-corrected chi connectivity index (χ4v) is 0.304. The van der Waals surface area contributed by atoms with Crippen molar-refractivity contribution in [1.29, 1.82) is 0 Å². The van der Waals surface area contributed by atoms with Crippen LogP contribution in [0.1, 0.15) is 0 Å². The molecule has 0 N–H and O–H groups in total. The molecule has 2 nitrogen and oxygen atoms in total. The van der Waals surface area contributed by atoms with Crippen molar-refractivity contribution >= 4 is 6.29 Å². The van der Waals surface area contributed by atoms with Gasteiger partial charge in [0.05, 0.1) is 19.1 Å². The lowest BCUT2D eigenvalue weighted by molar-refractivity contribution is 0.00100. The molecule has 0 unspecified atom stereocenters. The number of ether oxygens (including phenoxy) is 1. The molecule has 0 bridgehead atoms. The maximum atomic E-state index is 9.58. The Morgan fingerprint density at radius 1 is 1.67 bits per heavy atom. The molecule has 0 aromatic rings. The number of hydrogen-bond donors (Lipinski definition) is 0. The van der Waals surface area contributed by atoms with E-state index >= 15 is 0 Å². The van der Waals surface area contributed by atoms with Crippen LogP contribution in [0.3, 0.4) is 0 Å². The summed E-state index contributed by atoms with van der Waals surface area (Å²) in [5.74, 6) is 0.0880. The molecular formula is C4H5O2. The lowest BCUT2D eigenvalue weighted by Gasteiger charge is -2.18. The van der Waals surface area contributed by atoms with Crippen molar-refractivity contribution in [3.05, 3.63) is 0 Å². The Bertz CT molecular complexity index is 56.6. The van der Waals surface area contributed by atoms with Gasteiger partial charge in [-0.2, -0.15) is 0 Å². The Morgan fingerprint density at radius 2 is 2.33 bits per heavy atom. The molecule has 0 aromatic carbocycles. The fourth-order valence-electron chi connectivity index (χ4n) is 0.304. The van der Waals surface area contributed by atoms with Gasteiger partial charge in [0.1, 0.15) is 0 Å². The summed E-state index contributed by atoms with van der Waals surface area (Å²) in [5.41, 5.74) is 0. The molecule has 1 aliphatic rings. The van der Waals surface area contributed by atoms with Gasteiger partial charge in [0.2, 0.25) is 6.29 Å². The van der Waals surface area contributed by atoms with Crippen molar-refractivity contribution in [2.75, 3.05) is 13.2 Å². The zero-order chi connectivity index (χ0) is 4.41. The first-order chi connectivity index (χ1) is 2.93. The van der Waals surface area contributed by atoms with Crippen LogP contribution in [0.25, 0.3) is 0 Å². The molecule has 0 aromatic heterocycles. The van der Waals surface area contributed by atoms with E-state index in [0.29, 0.717) is 13.2 Å². The molecular weight excluding hydrogens is 80.0 g/mol. The van der Waals surface area contributed by atoms with Crippen molar-refractivity contribution in [3.8, 4) is 0 Å². The van der Waals surface area contributed by atoms with Gasteiger partial charge in [-0.15, -0.1) is 0 Å². The molecule has 1 aliphatic heterocycles. The molecule has 2 heteroatoms. The van der Waals surface area contributed by atoms with E-state index in [9.17, 15) is 4.79 Å². The summed E-state index contributed by atoms with van der Waals surface area (Å²) in [6, 6.07) is 0. The van der Waals surface area contributed by atoms with Crippen LogP contribution in [0.5, 0.6) is 0 Å². The van der Waals surface area contributed by atoms with Crippen molar-refractivity contribution < 1.29 is 9.53 Å². The Morgan fingerprint density at radius 3 is 2.33 bits per heavy atom. The molecule has 1 radical (unpaired) electrons. The van der Waals surface area contributed by atoms with E-state index in [1.807, 2.05) is 6.29 Å². The molecule has 0 aliphatic carbocycles. The van der Waals surface area contributed by atoms with Crippen molar-refractivity contribution in [3.63, 3.8) is 0 Å². The minimum atomic E-state index is 0.0880. The highest BCUT2D eigenvalue weighted by Crippen LogP contribution is 2.04. The molecule has 6 heavy (non-hydrogen) atoms. The molecule has 0 amide bonds.